The zero-order chi connectivity index (χ0) is 14.5. The number of hydrogen-bond acceptors (Lipinski definition) is 1. The van der Waals surface area contributed by atoms with Gasteiger partial charge in [-0.05, 0) is 55.4 Å². The summed E-state index contributed by atoms with van der Waals surface area (Å²) in [5.74, 6) is 1.97. The number of rotatable bonds is 7. The van der Waals surface area contributed by atoms with Crippen LogP contribution in [0.3, 0.4) is 0 Å². The summed E-state index contributed by atoms with van der Waals surface area (Å²) in [7, 11) is 1.86. The summed E-state index contributed by atoms with van der Waals surface area (Å²) in [6.07, 6.45) is 7.98. The second-order valence-electron chi connectivity index (χ2n) is 6.58. The molecule has 2 fully saturated rings. The van der Waals surface area contributed by atoms with Crippen LogP contribution in [0.5, 0.6) is 0 Å². The molecule has 3 rings (SSSR count). The van der Waals surface area contributed by atoms with Gasteiger partial charge in [0.25, 0.3) is 0 Å². The van der Waals surface area contributed by atoms with Crippen molar-refractivity contribution in [2.24, 2.45) is 16.3 Å². The molecule has 0 saturated heterocycles. The second-order valence-corrected chi connectivity index (χ2v) is 6.58. The zero-order valence-corrected chi connectivity index (χ0v) is 13.1. The minimum atomic E-state index is 0.627. The van der Waals surface area contributed by atoms with Gasteiger partial charge in [0.1, 0.15) is 0 Å². The van der Waals surface area contributed by atoms with E-state index >= 15 is 0 Å². The molecule has 1 aromatic carbocycles. The number of hydrogen-bond donors (Lipinski definition) is 2. The van der Waals surface area contributed by atoms with Crippen LogP contribution in [0.15, 0.2) is 35.3 Å². The Kier molecular flexibility index (Phi) is 4.47. The first-order valence-corrected chi connectivity index (χ1v) is 8.31. The number of benzene rings is 1. The minimum Gasteiger partial charge on any atom is -0.356 e. The second kappa shape index (κ2) is 6.50. The molecule has 3 heteroatoms. The molecule has 2 aliphatic carbocycles. The van der Waals surface area contributed by atoms with Gasteiger partial charge in [-0.25, -0.2) is 0 Å². The average molecular weight is 285 g/mol. The highest BCUT2D eigenvalue weighted by Gasteiger charge is 2.53. The Bertz CT molecular complexity index is 472. The van der Waals surface area contributed by atoms with E-state index in [1.165, 1.54) is 31.2 Å². The third kappa shape index (κ3) is 3.99. The third-order valence-electron chi connectivity index (χ3n) is 4.94. The highest BCUT2D eigenvalue weighted by atomic mass is 15.2. The van der Waals surface area contributed by atoms with Crippen LogP contribution < -0.4 is 10.6 Å². The van der Waals surface area contributed by atoms with Crippen molar-refractivity contribution in [1.29, 1.82) is 0 Å². The molecule has 0 amide bonds. The van der Waals surface area contributed by atoms with E-state index < -0.39 is 0 Å². The topological polar surface area (TPSA) is 36.4 Å². The Labute approximate surface area is 128 Å². The van der Waals surface area contributed by atoms with Crippen molar-refractivity contribution in [2.45, 2.75) is 38.5 Å². The molecule has 21 heavy (non-hydrogen) atoms. The van der Waals surface area contributed by atoms with E-state index in [9.17, 15) is 0 Å². The van der Waals surface area contributed by atoms with Crippen LogP contribution in [0.1, 0.15) is 37.7 Å². The van der Waals surface area contributed by atoms with Gasteiger partial charge in [0.15, 0.2) is 5.96 Å². The van der Waals surface area contributed by atoms with Crippen molar-refractivity contribution in [3.05, 3.63) is 35.9 Å². The summed E-state index contributed by atoms with van der Waals surface area (Å²) < 4.78 is 0. The number of aryl methyl sites for hydroxylation is 1. The zero-order valence-electron chi connectivity index (χ0n) is 13.1. The van der Waals surface area contributed by atoms with Gasteiger partial charge < -0.3 is 10.6 Å². The van der Waals surface area contributed by atoms with Crippen molar-refractivity contribution in [1.82, 2.24) is 10.6 Å². The molecule has 0 radical (unpaired) electrons. The molecule has 0 aliphatic heterocycles. The molecule has 0 bridgehead atoms. The van der Waals surface area contributed by atoms with Gasteiger partial charge >= 0.3 is 0 Å². The van der Waals surface area contributed by atoms with Crippen molar-refractivity contribution in [2.75, 3.05) is 20.1 Å². The lowest BCUT2D eigenvalue weighted by atomic mass is 10.0. The van der Waals surface area contributed by atoms with E-state index in [4.69, 9.17) is 0 Å². The normalized spacial score (nSPS) is 20.1. The van der Waals surface area contributed by atoms with Gasteiger partial charge in [-0.15, -0.1) is 0 Å². The minimum absolute atomic E-state index is 0.627. The van der Waals surface area contributed by atoms with Gasteiger partial charge in [-0.1, -0.05) is 30.3 Å². The molecule has 0 atom stereocenters. The van der Waals surface area contributed by atoms with E-state index in [0.717, 1.165) is 37.8 Å². The summed E-state index contributed by atoms with van der Waals surface area (Å²) in [5, 5.41) is 6.97. The highest BCUT2D eigenvalue weighted by Crippen LogP contribution is 2.60. The SMILES string of the molecule is CN=C(NCCCc1ccccc1)NCC1(C2CC2)CC1. The highest BCUT2D eigenvalue weighted by molar-refractivity contribution is 5.79. The molecule has 2 N–H and O–H groups in total. The molecule has 0 unspecified atom stereocenters. The first kappa shape index (κ1) is 14.4. The number of aliphatic imine (C=N–C) groups is 1. The fourth-order valence-corrected chi connectivity index (χ4v) is 3.21. The van der Waals surface area contributed by atoms with Crippen molar-refractivity contribution in [3.63, 3.8) is 0 Å². The molecule has 114 valence electrons. The maximum atomic E-state index is 4.34. The van der Waals surface area contributed by atoms with Crippen molar-refractivity contribution in [3.8, 4) is 0 Å². The lowest BCUT2D eigenvalue weighted by Crippen LogP contribution is -2.41. The fraction of sp³-hybridized carbons (Fsp3) is 0.611. The summed E-state index contributed by atoms with van der Waals surface area (Å²) in [4.78, 5) is 4.34. The molecule has 0 heterocycles. The lowest BCUT2D eigenvalue weighted by Gasteiger charge is -2.18. The van der Waals surface area contributed by atoms with Crippen LogP contribution in [0.25, 0.3) is 0 Å². The van der Waals surface area contributed by atoms with Gasteiger partial charge in [-0.3, -0.25) is 4.99 Å². The van der Waals surface area contributed by atoms with Crippen LogP contribution >= 0.6 is 0 Å². The van der Waals surface area contributed by atoms with Crippen LogP contribution in [-0.2, 0) is 6.42 Å². The van der Waals surface area contributed by atoms with Crippen LogP contribution in [0.2, 0.25) is 0 Å². The summed E-state index contributed by atoms with van der Waals surface area (Å²) in [6, 6.07) is 10.7. The number of guanidine groups is 1. The van der Waals surface area contributed by atoms with Crippen molar-refractivity contribution < 1.29 is 0 Å². The molecule has 2 saturated carbocycles. The van der Waals surface area contributed by atoms with Crippen LogP contribution in [0, 0.1) is 11.3 Å². The van der Waals surface area contributed by atoms with Gasteiger partial charge in [-0.2, -0.15) is 0 Å². The fourth-order valence-electron chi connectivity index (χ4n) is 3.21. The monoisotopic (exact) mass is 285 g/mol. The van der Waals surface area contributed by atoms with Crippen LogP contribution in [-0.4, -0.2) is 26.1 Å². The number of nitrogens with one attached hydrogen (secondary N) is 2. The van der Waals surface area contributed by atoms with Gasteiger partial charge in [0.2, 0.25) is 0 Å². The smallest absolute Gasteiger partial charge is 0.190 e. The summed E-state index contributed by atoms with van der Waals surface area (Å²) in [5.41, 5.74) is 2.04. The quantitative estimate of drug-likeness (QED) is 0.459. The molecule has 3 nitrogen and oxygen atoms in total. The first-order chi connectivity index (χ1) is 10.3. The average Bonchev–Trinajstić information content (AvgIpc) is 3.39. The van der Waals surface area contributed by atoms with E-state index in [-0.39, 0.29) is 0 Å². The van der Waals surface area contributed by atoms with Gasteiger partial charge in [0, 0.05) is 20.1 Å². The molecular formula is C18H27N3. The lowest BCUT2D eigenvalue weighted by molar-refractivity contribution is 0.431. The Morgan fingerprint density at radius 3 is 2.57 bits per heavy atom. The van der Waals surface area contributed by atoms with E-state index in [1.54, 1.807) is 0 Å². The predicted molar refractivity (Wildman–Crippen MR) is 88.5 cm³/mol. The third-order valence-corrected chi connectivity index (χ3v) is 4.94. The standard InChI is InChI=1S/C18H27N3/c1-19-17(21-14-18(11-12-18)16-9-10-16)20-13-5-8-15-6-3-2-4-7-15/h2-4,6-7,16H,5,8-14H2,1H3,(H2,19,20,21). The van der Waals surface area contributed by atoms with E-state index in [0.29, 0.717) is 5.41 Å². The summed E-state index contributed by atoms with van der Waals surface area (Å²) >= 11 is 0. The molecule has 1 aromatic rings. The first-order valence-electron chi connectivity index (χ1n) is 8.31. The predicted octanol–water partition coefficient (Wildman–Crippen LogP) is 2.97. The molecule has 2 aliphatic rings. The Morgan fingerprint density at radius 1 is 1.19 bits per heavy atom. The molecular weight excluding hydrogens is 258 g/mol. The number of nitrogens with zero attached hydrogens (tertiary/aromatic N) is 1. The van der Waals surface area contributed by atoms with Crippen molar-refractivity contribution >= 4 is 5.96 Å². The van der Waals surface area contributed by atoms with Crippen LogP contribution in [0.4, 0.5) is 0 Å². The molecule has 0 spiro atoms. The van der Waals surface area contributed by atoms with Gasteiger partial charge in [0.05, 0.1) is 0 Å². The Hall–Kier alpha value is -1.51. The maximum Gasteiger partial charge on any atom is 0.190 e. The maximum absolute atomic E-state index is 4.34. The summed E-state index contributed by atoms with van der Waals surface area (Å²) in [6.45, 7) is 2.08. The largest absolute Gasteiger partial charge is 0.356 e. The Balaban J connectivity index is 1.33. The molecule has 0 aromatic heterocycles. The Morgan fingerprint density at radius 2 is 1.95 bits per heavy atom. The van der Waals surface area contributed by atoms with E-state index in [2.05, 4.69) is 46.0 Å². The van der Waals surface area contributed by atoms with E-state index in [1.807, 2.05) is 7.05 Å².